The highest BCUT2D eigenvalue weighted by molar-refractivity contribution is 5.78. The van der Waals surface area contributed by atoms with Crippen molar-refractivity contribution in [3.8, 4) is 40.0 Å². The molecule has 37 heavy (non-hydrogen) atoms. The Kier molecular flexibility index (Phi) is 8.50. The first-order chi connectivity index (χ1) is 18.1. The molecule has 0 bridgehead atoms. The third-order valence-electron chi connectivity index (χ3n) is 6.06. The van der Waals surface area contributed by atoms with Crippen LogP contribution in [0.5, 0.6) is 28.7 Å². The summed E-state index contributed by atoms with van der Waals surface area (Å²) >= 11 is 0. The summed E-state index contributed by atoms with van der Waals surface area (Å²) in [6.45, 7) is 5.02. The molecule has 4 rings (SSSR count). The van der Waals surface area contributed by atoms with E-state index in [4.69, 9.17) is 23.7 Å². The van der Waals surface area contributed by atoms with E-state index in [2.05, 4.69) is 15.1 Å². The van der Waals surface area contributed by atoms with E-state index in [0.717, 1.165) is 17.1 Å². The van der Waals surface area contributed by atoms with E-state index in [1.807, 2.05) is 48.2 Å². The van der Waals surface area contributed by atoms with E-state index in [9.17, 15) is 4.79 Å². The Morgan fingerprint density at radius 3 is 1.95 bits per heavy atom. The molecule has 1 aliphatic heterocycles. The molecule has 0 saturated carbocycles. The minimum Gasteiger partial charge on any atom is -0.494 e. The van der Waals surface area contributed by atoms with Crippen LogP contribution in [0.4, 0.5) is 5.82 Å². The lowest BCUT2D eigenvalue weighted by Gasteiger charge is -2.35. The largest absolute Gasteiger partial charge is 0.494 e. The molecule has 1 fully saturated rings. The Balaban J connectivity index is 1.32. The maximum Gasteiger partial charge on any atom is 0.260 e. The summed E-state index contributed by atoms with van der Waals surface area (Å²) in [5, 5.41) is 8.84. The van der Waals surface area contributed by atoms with Crippen molar-refractivity contribution in [3.63, 3.8) is 0 Å². The Morgan fingerprint density at radius 2 is 1.43 bits per heavy atom. The SMILES string of the molecule is CCOc1ccc(OCC(=O)N2CCN(c3ccc(-c4cc(OC)c(OC)c(OC)c4)nn3)CC2)cc1. The zero-order valence-corrected chi connectivity index (χ0v) is 21.6. The molecule has 2 aromatic carbocycles. The average molecular weight is 509 g/mol. The van der Waals surface area contributed by atoms with Crippen LogP contribution in [0.25, 0.3) is 11.3 Å². The van der Waals surface area contributed by atoms with Gasteiger partial charge in [-0.05, 0) is 55.5 Å². The van der Waals surface area contributed by atoms with Gasteiger partial charge in [-0.3, -0.25) is 4.79 Å². The van der Waals surface area contributed by atoms with Crippen molar-refractivity contribution in [3.05, 3.63) is 48.5 Å². The first-order valence-corrected chi connectivity index (χ1v) is 12.1. The van der Waals surface area contributed by atoms with Gasteiger partial charge in [-0.15, -0.1) is 10.2 Å². The normalized spacial score (nSPS) is 13.2. The van der Waals surface area contributed by atoms with Crippen molar-refractivity contribution >= 4 is 11.7 Å². The summed E-state index contributed by atoms with van der Waals surface area (Å²) in [7, 11) is 4.72. The lowest BCUT2D eigenvalue weighted by Crippen LogP contribution is -2.50. The van der Waals surface area contributed by atoms with Gasteiger partial charge >= 0.3 is 0 Å². The van der Waals surface area contributed by atoms with Crippen molar-refractivity contribution in [1.82, 2.24) is 15.1 Å². The molecule has 1 saturated heterocycles. The second-order valence-corrected chi connectivity index (χ2v) is 8.25. The first kappa shape index (κ1) is 25.9. The second kappa shape index (κ2) is 12.2. The highest BCUT2D eigenvalue weighted by Gasteiger charge is 2.23. The number of hydrogen-bond donors (Lipinski definition) is 0. The minimum absolute atomic E-state index is 0.00271. The van der Waals surface area contributed by atoms with Gasteiger partial charge in [-0.2, -0.15) is 0 Å². The molecular formula is C27H32N4O6. The molecule has 0 atom stereocenters. The number of benzene rings is 2. The van der Waals surface area contributed by atoms with E-state index in [0.29, 0.717) is 61.5 Å². The van der Waals surface area contributed by atoms with Crippen LogP contribution in [-0.4, -0.2) is 81.7 Å². The predicted octanol–water partition coefficient (Wildman–Crippen LogP) is 3.30. The van der Waals surface area contributed by atoms with Crippen LogP contribution in [0.1, 0.15) is 6.92 Å². The standard InChI is InChI=1S/C27H32N4O6/c1-5-36-20-6-8-21(9-7-20)37-18-26(32)31-14-12-30(13-15-31)25-11-10-22(28-29-25)19-16-23(33-2)27(35-4)24(17-19)34-3/h6-11,16-17H,5,12-15,18H2,1-4H3. The fourth-order valence-corrected chi connectivity index (χ4v) is 4.10. The third-order valence-corrected chi connectivity index (χ3v) is 6.06. The van der Waals surface area contributed by atoms with Crippen molar-refractivity contribution < 1.29 is 28.5 Å². The van der Waals surface area contributed by atoms with Gasteiger partial charge in [0.15, 0.2) is 23.9 Å². The zero-order chi connectivity index (χ0) is 26.2. The molecule has 10 nitrogen and oxygen atoms in total. The van der Waals surface area contributed by atoms with Crippen LogP contribution < -0.4 is 28.6 Å². The summed E-state index contributed by atoms with van der Waals surface area (Å²) in [6.07, 6.45) is 0. The number of aromatic nitrogens is 2. The quantitative estimate of drug-likeness (QED) is 0.409. The molecular weight excluding hydrogens is 476 g/mol. The van der Waals surface area contributed by atoms with Crippen LogP contribution in [0, 0.1) is 0 Å². The molecule has 2 heterocycles. The summed E-state index contributed by atoms with van der Waals surface area (Å²) in [6, 6.07) is 14.8. The molecule has 0 radical (unpaired) electrons. The smallest absolute Gasteiger partial charge is 0.260 e. The minimum atomic E-state index is -0.0441. The monoisotopic (exact) mass is 508 g/mol. The first-order valence-electron chi connectivity index (χ1n) is 12.1. The Labute approximate surface area is 216 Å². The van der Waals surface area contributed by atoms with Gasteiger partial charge in [0.2, 0.25) is 5.75 Å². The highest BCUT2D eigenvalue weighted by Crippen LogP contribution is 2.40. The van der Waals surface area contributed by atoms with E-state index >= 15 is 0 Å². The van der Waals surface area contributed by atoms with Gasteiger partial charge in [-0.1, -0.05) is 0 Å². The van der Waals surface area contributed by atoms with Gasteiger partial charge in [0, 0.05) is 31.7 Å². The van der Waals surface area contributed by atoms with Crippen molar-refractivity contribution in [1.29, 1.82) is 0 Å². The van der Waals surface area contributed by atoms with Crippen molar-refractivity contribution in [2.24, 2.45) is 0 Å². The molecule has 1 amide bonds. The molecule has 0 N–H and O–H groups in total. The maximum absolute atomic E-state index is 12.6. The van der Waals surface area contributed by atoms with Crippen molar-refractivity contribution in [2.45, 2.75) is 6.92 Å². The summed E-state index contributed by atoms with van der Waals surface area (Å²) < 4.78 is 27.3. The molecule has 0 spiro atoms. The van der Waals surface area contributed by atoms with Crippen LogP contribution >= 0.6 is 0 Å². The number of methoxy groups -OCH3 is 3. The number of anilines is 1. The van der Waals surface area contributed by atoms with Crippen molar-refractivity contribution in [2.75, 3.05) is 65.6 Å². The molecule has 0 unspecified atom stereocenters. The van der Waals surface area contributed by atoms with E-state index < -0.39 is 0 Å². The van der Waals surface area contributed by atoms with E-state index in [1.54, 1.807) is 33.5 Å². The number of carbonyl (C=O) groups is 1. The number of amides is 1. The fourth-order valence-electron chi connectivity index (χ4n) is 4.10. The Hall–Kier alpha value is -4.21. The van der Waals surface area contributed by atoms with E-state index in [1.165, 1.54) is 0 Å². The average Bonchev–Trinajstić information content (AvgIpc) is 2.96. The highest BCUT2D eigenvalue weighted by atomic mass is 16.5. The summed E-state index contributed by atoms with van der Waals surface area (Å²) in [5.41, 5.74) is 1.49. The topological polar surface area (TPSA) is 95.5 Å². The molecule has 10 heteroatoms. The van der Waals surface area contributed by atoms with Gasteiger partial charge in [0.1, 0.15) is 11.5 Å². The van der Waals surface area contributed by atoms with Crippen LogP contribution in [0.3, 0.4) is 0 Å². The molecule has 1 aliphatic rings. The Morgan fingerprint density at radius 1 is 0.811 bits per heavy atom. The molecule has 0 aliphatic carbocycles. The van der Waals surface area contributed by atoms with Gasteiger partial charge in [-0.25, -0.2) is 0 Å². The number of rotatable bonds is 10. The third kappa shape index (κ3) is 6.14. The van der Waals surface area contributed by atoms with E-state index in [-0.39, 0.29) is 12.5 Å². The number of piperazine rings is 1. The Bertz CT molecular complexity index is 1150. The zero-order valence-electron chi connectivity index (χ0n) is 21.6. The maximum atomic E-state index is 12.6. The lowest BCUT2D eigenvalue weighted by atomic mass is 10.1. The lowest BCUT2D eigenvalue weighted by molar-refractivity contribution is -0.133. The van der Waals surface area contributed by atoms with Crippen LogP contribution in [0.2, 0.25) is 0 Å². The van der Waals surface area contributed by atoms with Gasteiger partial charge in [0.05, 0.1) is 33.6 Å². The second-order valence-electron chi connectivity index (χ2n) is 8.25. The number of hydrogen-bond acceptors (Lipinski definition) is 9. The number of nitrogens with zero attached hydrogens (tertiary/aromatic N) is 4. The van der Waals surface area contributed by atoms with Gasteiger partial charge in [0.25, 0.3) is 5.91 Å². The number of ether oxygens (including phenoxy) is 5. The van der Waals surface area contributed by atoms with Crippen LogP contribution in [0.15, 0.2) is 48.5 Å². The van der Waals surface area contributed by atoms with Gasteiger partial charge < -0.3 is 33.5 Å². The molecule has 3 aromatic rings. The van der Waals surface area contributed by atoms with Crippen LogP contribution in [-0.2, 0) is 4.79 Å². The molecule has 1 aromatic heterocycles. The summed E-state index contributed by atoms with van der Waals surface area (Å²) in [4.78, 5) is 16.6. The molecule has 196 valence electrons. The fraction of sp³-hybridized carbons (Fsp3) is 0.370. The number of carbonyl (C=O) groups excluding carboxylic acids is 1. The predicted molar refractivity (Wildman–Crippen MR) is 139 cm³/mol. The summed E-state index contributed by atoms with van der Waals surface area (Å²) in [5.74, 6) is 3.75.